The lowest BCUT2D eigenvalue weighted by molar-refractivity contribution is -0.118. The molecule has 0 spiro atoms. The SMILES string of the molecule is CCOc1ccc(NC(=O)C(N)CO)cc1F. The predicted octanol–water partition coefficient (Wildman–Crippen LogP) is 0.482. The van der Waals surface area contributed by atoms with Crippen LogP contribution in [0.3, 0.4) is 0 Å². The molecule has 4 N–H and O–H groups in total. The highest BCUT2D eigenvalue weighted by molar-refractivity contribution is 5.94. The normalized spacial score (nSPS) is 12.0. The fraction of sp³-hybridized carbons (Fsp3) is 0.364. The van der Waals surface area contributed by atoms with Crippen molar-refractivity contribution in [2.24, 2.45) is 5.73 Å². The van der Waals surface area contributed by atoms with Gasteiger partial charge in [-0.3, -0.25) is 4.79 Å². The van der Waals surface area contributed by atoms with Gasteiger partial charge in [0.2, 0.25) is 5.91 Å². The van der Waals surface area contributed by atoms with Crippen LogP contribution in [-0.2, 0) is 4.79 Å². The standard InChI is InChI=1S/C11H15FN2O3/c1-2-17-10-4-3-7(5-8(10)12)14-11(16)9(13)6-15/h3-5,9,15H,2,6,13H2,1H3,(H,14,16). The highest BCUT2D eigenvalue weighted by Gasteiger charge is 2.13. The number of anilines is 1. The van der Waals surface area contributed by atoms with Crippen molar-refractivity contribution >= 4 is 11.6 Å². The van der Waals surface area contributed by atoms with Crippen molar-refractivity contribution in [3.63, 3.8) is 0 Å². The minimum absolute atomic E-state index is 0.122. The van der Waals surface area contributed by atoms with Crippen LogP contribution in [0.1, 0.15) is 6.92 Å². The van der Waals surface area contributed by atoms with Crippen LogP contribution in [0, 0.1) is 5.82 Å². The van der Waals surface area contributed by atoms with E-state index in [1.807, 2.05) is 0 Å². The Balaban J connectivity index is 2.73. The Labute approximate surface area is 98.4 Å². The van der Waals surface area contributed by atoms with Crippen molar-refractivity contribution in [2.75, 3.05) is 18.5 Å². The quantitative estimate of drug-likeness (QED) is 0.701. The first-order valence-electron chi connectivity index (χ1n) is 5.18. The van der Waals surface area contributed by atoms with Crippen LogP contribution in [-0.4, -0.2) is 30.3 Å². The van der Waals surface area contributed by atoms with Gasteiger partial charge in [0.05, 0.1) is 13.2 Å². The van der Waals surface area contributed by atoms with Crippen LogP contribution in [0.5, 0.6) is 5.75 Å². The molecule has 0 aliphatic rings. The minimum Gasteiger partial charge on any atom is -0.491 e. The molecule has 1 amide bonds. The number of nitrogens with one attached hydrogen (secondary N) is 1. The minimum atomic E-state index is -1.02. The molecular weight excluding hydrogens is 227 g/mol. The Kier molecular flexibility index (Phi) is 4.86. The van der Waals surface area contributed by atoms with Gasteiger partial charge < -0.3 is 20.9 Å². The summed E-state index contributed by atoms with van der Waals surface area (Å²) in [4.78, 5) is 11.3. The first-order chi connectivity index (χ1) is 8.08. The van der Waals surface area contributed by atoms with Crippen LogP contribution in [0.15, 0.2) is 18.2 Å². The van der Waals surface area contributed by atoms with E-state index in [9.17, 15) is 9.18 Å². The van der Waals surface area contributed by atoms with Crippen LogP contribution in [0.4, 0.5) is 10.1 Å². The lowest BCUT2D eigenvalue weighted by Gasteiger charge is -2.11. The average molecular weight is 242 g/mol. The molecule has 1 atom stereocenters. The number of ether oxygens (including phenoxy) is 1. The number of hydrogen-bond acceptors (Lipinski definition) is 4. The van der Waals surface area contributed by atoms with E-state index < -0.39 is 24.4 Å². The fourth-order valence-corrected chi connectivity index (χ4v) is 1.17. The molecule has 17 heavy (non-hydrogen) atoms. The second kappa shape index (κ2) is 6.17. The summed E-state index contributed by atoms with van der Waals surface area (Å²) < 4.78 is 18.4. The Morgan fingerprint density at radius 2 is 2.35 bits per heavy atom. The maximum absolute atomic E-state index is 13.4. The summed E-state index contributed by atoms with van der Waals surface area (Å²) in [6.45, 7) is 1.64. The van der Waals surface area contributed by atoms with Crippen molar-refractivity contribution in [1.82, 2.24) is 0 Å². The van der Waals surface area contributed by atoms with Crippen LogP contribution >= 0.6 is 0 Å². The third kappa shape index (κ3) is 3.69. The molecule has 0 aliphatic heterocycles. The summed E-state index contributed by atoms with van der Waals surface area (Å²) >= 11 is 0. The van der Waals surface area contributed by atoms with Crippen molar-refractivity contribution < 1.29 is 19.0 Å². The number of hydrogen-bond donors (Lipinski definition) is 3. The van der Waals surface area contributed by atoms with Gasteiger partial charge >= 0.3 is 0 Å². The summed E-state index contributed by atoms with van der Waals surface area (Å²) in [7, 11) is 0. The first kappa shape index (κ1) is 13.4. The van der Waals surface area contributed by atoms with E-state index >= 15 is 0 Å². The molecule has 0 radical (unpaired) electrons. The van der Waals surface area contributed by atoms with Gasteiger partial charge in [0, 0.05) is 11.8 Å². The van der Waals surface area contributed by atoms with Gasteiger partial charge in [-0.2, -0.15) is 0 Å². The Hall–Kier alpha value is -1.66. The van der Waals surface area contributed by atoms with Gasteiger partial charge in [0.25, 0.3) is 0 Å². The number of aliphatic hydroxyl groups is 1. The molecule has 94 valence electrons. The molecule has 0 saturated carbocycles. The lowest BCUT2D eigenvalue weighted by atomic mass is 10.2. The van der Waals surface area contributed by atoms with Crippen molar-refractivity contribution in [2.45, 2.75) is 13.0 Å². The molecule has 1 aromatic carbocycles. The van der Waals surface area contributed by atoms with Crippen molar-refractivity contribution in [3.05, 3.63) is 24.0 Å². The predicted molar refractivity (Wildman–Crippen MR) is 61.3 cm³/mol. The van der Waals surface area contributed by atoms with Gasteiger partial charge in [-0.05, 0) is 19.1 Å². The second-order valence-electron chi connectivity index (χ2n) is 3.36. The number of halogens is 1. The molecule has 0 saturated heterocycles. The number of benzene rings is 1. The van der Waals surface area contributed by atoms with E-state index in [1.165, 1.54) is 12.1 Å². The molecule has 6 heteroatoms. The average Bonchev–Trinajstić information content (AvgIpc) is 2.31. The largest absolute Gasteiger partial charge is 0.491 e. The van der Waals surface area contributed by atoms with Crippen molar-refractivity contribution in [1.29, 1.82) is 0 Å². The van der Waals surface area contributed by atoms with E-state index in [0.29, 0.717) is 6.61 Å². The highest BCUT2D eigenvalue weighted by atomic mass is 19.1. The van der Waals surface area contributed by atoms with E-state index in [4.69, 9.17) is 15.6 Å². The number of carbonyl (C=O) groups excluding carboxylic acids is 1. The van der Waals surface area contributed by atoms with Crippen LogP contribution in [0.2, 0.25) is 0 Å². The van der Waals surface area contributed by atoms with Gasteiger partial charge in [0.1, 0.15) is 6.04 Å². The molecule has 0 aliphatic carbocycles. The Morgan fingerprint density at radius 3 is 2.88 bits per heavy atom. The third-order valence-corrected chi connectivity index (χ3v) is 2.03. The molecule has 0 heterocycles. The zero-order valence-corrected chi connectivity index (χ0v) is 9.44. The van der Waals surface area contributed by atoms with E-state index in [2.05, 4.69) is 5.32 Å². The van der Waals surface area contributed by atoms with E-state index in [1.54, 1.807) is 6.92 Å². The monoisotopic (exact) mass is 242 g/mol. The van der Waals surface area contributed by atoms with Crippen LogP contribution in [0.25, 0.3) is 0 Å². The lowest BCUT2D eigenvalue weighted by Crippen LogP contribution is -2.38. The number of nitrogens with two attached hydrogens (primary N) is 1. The van der Waals surface area contributed by atoms with Crippen molar-refractivity contribution in [3.8, 4) is 5.75 Å². The molecular formula is C11H15FN2O3. The molecule has 0 aromatic heterocycles. The van der Waals surface area contributed by atoms with Gasteiger partial charge in [-0.25, -0.2) is 4.39 Å². The molecule has 1 unspecified atom stereocenters. The highest BCUT2D eigenvalue weighted by Crippen LogP contribution is 2.21. The summed E-state index contributed by atoms with van der Waals surface area (Å²) in [6, 6.07) is 3.02. The topological polar surface area (TPSA) is 84.6 Å². The zero-order valence-electron chi connectivity index (χ0n) is 9.44. The Morgan fingerprint density at radius 1 is 1.65 bits per heavy atom. The second-order valence-corrected chi connectivity index (χ2v) is 3.36. The summed E-state index contributed by atoms with van der Waals surface area (Å²) in [5.74, 6) is -1.02. The number of rotatable bonds is 5. The maximum Gasteiger partial charge on any atom is 0.243 e. The number of amides is 1. The molecule has 1 rings (SSSR count). The number of carbonyl (C=O) groups is 1. The van der Waals surface area contributed by atoms with E-state index in [0.717, 1.165) is 6.07 Å². The smallest absolute Gasteiger partial charge is 0.243 e. The van der Waals surface area contributed by atoms with Gasteiger partial charge in [-0.15, -0.1) is 0 Å². The number of aliphatic hydroxyl groups excluding tert-OH is 1. The van der Waals surface area contributed by atoms with E-state index in [-0.39, 0.29) is 11.4 Å². The molecule has 0 fully saturated rings. The molecule has 5 nitrogen and oxygen atoms in total. The maximum atomic E-state index is 13.4. The zero-order chi connectivity index (χ0) is 12.8. The Bertz CT molecular complexity index is 398. The molecule has 1 aromatic rings. The summed E-state index contributed by atoms with van der Waals surface area (Å²) in [5.41, 5.74) is 5.56. The summed E-state index contributed by atoms with van der Waals surface area (Å²) in [6.07, 6.45) is 0. The third-order valence-electron chi connectivity index (χ3n) is 2.03. The fourth-order valence-electron chi connectivity index (χ4n) is 1.17. The van der Waals surface area contributed by atoms with Gasteiger partial charge in [-0.1, -0.05) is 0 Å². The first-order valence-corrected chi connectivity index (χ1v) is 5.18. The molecule has 0 bridgehead atoms. The van der Waals surface area contributed by atoms with Crippen LogP contribution < -0.4 is 15.8 Å². The summed E-state index contributed by atoms with van der Waals surface area (Å²) in [5, 5.41) is 11.1. The van der Waals surface area contributed by atoms with Gasteiger partial charge in [0.15, 0.2) is 11.6 Å².